The highest BCUT2D eigenvalue weighted by Crippen LogP contribution is 2.20. The molecule has 0 radical (unpaired) electrons. The van der Waals surface area contributed by atoms with E-state index in [0.717, 1.165) is 35.7 Å². The Hall–Kier alpha value is -0.410. The van der Waals surface area contributed by atoms with Gasteiger partial charge in [0.1, 0.15) is 5.82 Å². The van der Waals surface area contributed by atoms with Crippen LogP contribution >= 0.6 is 15.9 Å². The molecule has 0 fully saturated rings. The minimum absolute atomic E-state index is 0.205. The molecular weight excluding hydrogens is 257 g/mol. The van der Waals surface area contributed by atoms with Crippen LogP contribution in [-0.2, 0) is 6.42 Å². The molecule has 0 aliphatic rings. The fourth-order valence-electron chi connectivity index (χ4n) is 1.58. The molecule has 0 bridgehead atoms. The molecule has 1 unspecified atom stereocenters. The summed E-state index contributed by atoms with van der Waals surface area (Å²) >= 11 is 3.36. The molecule has 15 heavy (non-hydrogen) atoms. The smallest absolute Gasteiger partial charge is 0.124 e. The minimum atomic E-state index is -0.205. The number of nitrogens with two attached hydrogens (primary N) is 1. The van der Waals surface area contributed by atoms with Crippen molar-refractivity contribution >= 4 is 15.9 Å². The third-order valence-electron chi connectivity index (χ3n) is 2.46. The first-order valence-electron chi connectivity index (χ1n) is 5.33. The second-order valence-corrected chi connectivity index (χ2v) is 4.68. The molecule has 0 amide bonds. The van der Waals surface area contributed by atoms with Gasteiger partial charge < -0.3 is 5.73 Å². The highest BCUT2D eigenvalue weighted by Gasteiger charge is 2.05. The Balaban J connectivity index is 2.50. The van der Waals surface area contributed by atoms with E-state index in [9.17, 15) is 4.39 Å². The van der Waals surface area contributed by atoms with Crippen molar-refractivity contribution in [2.45, 2.75) is 38.6 Å². The van der Waals surface area contributed by atoms with E-state index in [0.29, 0.717) is 0 Å². The van der Waals surface area contributed by atoms with E-state index in [1.807, 2.05) is 6.07 Å². The maximum Gasteiger partial charge on any atom is 0.124 e. The maximum atomic E-state index is 12.8. The molecule has 1 nitrogen and oxygen atoms in total. The van der Waals surface area contributed by atoms with Crippen LogP contribution in [0.5, 0.6) is 0 Å². The Morgan fingerprint density at radius 3 is 2.73 bits per heavy atom. The topological polar surface area (TPSA) is 26.0 Å². The second kappa shape index (κ2) is 6.23. The number of rotatable bonds is 5. The number of benzene rings is 1. The zero-order chi connectivity index (χ0) is 11.3. The standard InChI is InChI=1S/C12H17BrFN/c1-2-3-11(15)7-5-9-4-6-10(14)8-12(9)13/h4,6,8,11H,2-3,5,7,15H2,1H3. The molecule has 0 heterocycles. The Morgan fingerprint density at radius 1 is 1.40 bits per heavy atom. The van der Waals surface area contributed by atoms with Gasteiger partial charge in [0.15, 0.2) is 0 Å². The van der Waals surface area contributed by atoms with Crippen LogP contribution in [0.3, 0.4) is 0 Å². The number of hydrogen-bond acceptors (Lipinski definition) is 1. The van der Waals surface area contributed by atoms with E-state index >= 15 is 0 Å². The van der Waals surface area contributed by atoms with E-state index in [4.69, 9.17) is 5.73 Å². The zero-order valence-corrected chi connectivity index (χ0v) is 10.6. The number of aryl methyl sites for hydroxylation is 1. The van der Waals surface area contributed by atoms with Crippen molar-refractivity contribution in [3.63, 3.8) is 0 Å². The van der Waals surface area contributed by atoms with E-state index in [1.54, 1.807) is 0 Å². The van der Waals surface area contributed by atoms with Gasteiger partial charge in [0.2, 0.25) is 0 Å². The van der Waals surface area contributed by atoms with Crippen molar-refractivity contribution in [3.05, 3.63) is 34.1 Å². The largest absolute Gasteiger partial charge is 0.328 e. The van der Waals surface area contributed by atoms with Crippen molar-refractivity contribution in [1.29, 1.82) is 0 Å². The van der Waals surface area contributed by atoms with Crippen LogP contribution in [0.25, 0.3) is 0 Å². The summed E-state index contributed by atoms with van der Waals surface area (Å²) < 4.78 is 13.7. The van der Waals surface area contributed by atoms with E-state index in [2.05, 4.69) is 22.9 Å². The zero-order valence-electron chi connectivity index (χ0n) is 8.97. The molecule has 1 rings (SSSR count). The lowest BCUT2D eigenvalue weighted by molar-refractivity contribution is 0.559. The van der Waals surface area contributed by atoms with Crippen LogP contribution in [0.4, 0.5) is 4.39 Å². The fourth-order valence-corrected chi connectivity index (χ4v) is 2.13. The molecule has 0 aromatic heterocycles. The van der Waals surface area contributed by atoms with Gasteiger partial charge in [-0.3, -0.25) is 0 Å². The van der Waals surface area contributed by atoms with Gasteiger partial charge in [-0.1, -0.05) is 35.3 Å². The van der Waals surface area contributed by atoms with Gasteiger partial charge in [0.25, 0.3) is 0 Å². The van der Waals surface area contributed by atoms with Crippen molar-refractivity contribution in [2.24, 2.45) is 5.73 Å². The average molecular weight is 274 g/mol. The molecule has 84 valence electrons. The average Bonchev–Trinajstić information content (AvgIpc) is 2.17. The lowest BCUT2D eigenvalue weighted by atomic mass is 10.0. The van der Waals surface area contributed by atoms with Crippen molar-refractivity contribution in [2.75, 3.05) is 0 Å². The van der Waals surface area contributed by atoms with Gasteiger partial charge in [-0.15, -0.1) is 0 Å². The summed E-state index contributed by atoms with van der Waals surface area (Å²) in [6, 6.07) is 5.07. The monoisotopic (exact) mass is 273 g/mol. The minimum Gasteiger partial charge on any atom is -0.328 e. The fraction of sp³-hybridized carbons (Fsp3) is 0.500. The Labute approximate surface area is 99.0 Å². The maximum absolute atomic E-state index is 12.8. The molecule has 3 heteroatoms. The van der Waals surface area contributed by atoms with Gasteiger partial charge in [0.05, 0.1) is 0 Å². The first kappa shape index (κ1) is 12.7. The summed E-state index contributed by atoms with van der Waals surface area (Å²) in [7, 11) is 0. The lowest BCUT2D eigenvalue weighted by Crippen LogP contribution is -2.20. The van der Waals surface area contributed by atoms with Crippen LogP contribution in [0.1, 0.15) is 31.7 Å². The van der Waals surface area contributed by atoms with E-state index in [-0.39, 0.29) is 11.9 Å². The highest BCUT2D eigenvalue weighted by molar-refractivity contribution is 9.10. The first-order valence-corrected chi connectivity index (χ1v) is 6.12. The number of hydrogen-bond donors (Lipinski definition) is 1. The summed E-state index contributed by atoms with van der Waals surface area (Å²) in [6.45, 7) is 2.13. The quantitative estimate of drug-likeness (QED) is 0.871. The lowest BCUT2D eigenvalue weighted by Gasteiger charge is -2.10. The summed E-state index contributed by atoms with van der Waals surface area (Å²) in [5.41, 5.74) is 7.05. The third kappa shape index (κ3) is 4.31. The Kier molecular flexibility index (Phi) is 5.26. The number of halogens is 2. The molecule has 0 saturated carbocycles. The van der Waals surface area contributed by atoms with Crippen molar-refractivity contribution in [3.8, 4) is 0 Å². The van der Waals surface area contributed by atoms with Crippen LogP contribution in [0.2, 0.25) is 0 Å². The molecule has 0 spiro atoms. The highest BCUT2D eigenvalue weighted by atomic mass is 79.9. The van der Waals surface area contributed by atoms with Crippen molar-refractivity contribution < 1.29 is 4.39 Å². The molecule has 1 atom stereocenters. The van der Waals surface area contributed by atoms with Crippen LogP contribution in [-0.4, -0.2) is 6.04 Å². The van der Waals surface area contributed by atoms with Crippen LogP contribution in [0.15, 0.2) is 22.7 Å². The Bertz CT molecular complexity index is 314. The predicted molar refractivity (Wildman–Crippen MR) is 65.3 cm³/mol. The summed E-state index contributed by atoms with van der Waals surface area (Å²) in [5, 5.41) is 0. The van der Waals surface area contributed by atoms with Gasteiger partial charge in [-0.2, -0.15) is 0 Å². The SMILES string of the molecule is CCCC(N)CCc1ccc(F)cc1Br. The van der Waals surface area contributed by atoms with E-state index in [1.165, 1.54) is 12.1 Å². The van der Waals surface area contributed by atoms with E-state index < -0.39 is 0 Å². The van der Waals surface area contributed by atoms with Gasteiger partial charge >= 0.3 is 0 Å². The van der Waals surface area contributed by atoms with Crippen LogP contribution in [0, 0.1) is 5.82 Å². The van der Waals surface area contributed by atoms with Gasteiger partial charge in [-0.05, 0) is 37.0 Å². The van der Waals surface area contributed by atoms with Crippen LogP contribution < -0.4 is 5.73 Å². The summed E-state index contributed by atoms with van der Waals surface area (Å²) in [4.78, 5) is 0. The molecule has 0 saturated heterocycles. The Morgan fingerprint density at radius 2 is 2.13 bits per heavy atom. The summed E-state index contributed by atoms with van der Waals surface area (Å²) in [5.74, 6) is -0.205. The van der Waals surface area contributed by atoms with Gasteiger partial charge in [0, 0.05) is 10.5 Å². The van der Waals surface area contributed by atoms with Gasteiger partial charge in [-0.25, -0.2) is 4.39 Å². The second-order valence-electron chi connectivity index (χ2n) is 3.82. The summed E-state index contributed by atoms with van der Waals surface area (Å²) in [6.07, 6.45) is 4.03. The molecule has 0 aliphatic carbocycles. The molecular formula is C12H17BrFN. The molecule has 0 aliphatic heterocycles. The normalized spacial score (nSPS) is 12.8. The first-order chi connectivity index (χ1) is 7.13. The molecule has 2 N–H and O–H groups in total. The predicted octanol–water partition coefficient (Wildman–Crippen LogP) is 3.65. The third-order valence-corrected chi connectivity index (χ3v) is 3.20. The molecule has 1 aromatic carbocycles. The molecule has 1 aromatic rings. The van der Waals surface area contributed by atoms with Crippen molar-refractivity contribution in [1.82, 2.24) is 0 Å².